The first-order valence-electron chi connectivity index (χ1n) is 4.33. The number of hydrogen-bond donors (Lipinski definition) is 1. The van der Waals surface area contributed by atoms with Crippen molar-refractivity contribution in [3.05, 3.63) is 5.53 Å². The van der Waals surface area contributed by atoms with Crippen LogP contribution >= 0.6 is 0 Å². The minimum absolute atomic E-state index is 0.497. The highest BCUT2D eigenvalue weighted by Gasteiger charge is 2.29. The maximum Gasteiger partial charge on any atom is 0.420 e. The fourth-order valence-corrected chi connectivity index (χ4v) is 1.23. The van der Waals surface area contributed by atoms with Gasteiger partial charge in [-0.25, -0.2) is 4.79 Å². The fraction of sp³-hybridized carbons (Fsp3) is 0.556. The van der Waals surface area contributed by atoms with Gasteiger partial charge in [-0.15, -0.1) is 5.54 Å². The van der Waals surface area contributed by atoms with Crippen LogP contribution in [0.4, 0.5) is 0 Å². The van der Waals surface area contributed by atoms with E-state index in [9.17, 15) is 9.90 Å². The predicted octanol–water partition coefficient (Wildman–Crippen LogP) is 0.0719. The first-order valence-corrected chi connectivity index (χ1v) is 7.83. The standard InChI is InChI=1S/C9H14N2O3Si/c1-14-9(13)8(11-10)7(12)5-6-15(2,3)4/h7,12H,1-4H3. The molecular weight excluding hydrogens is 212 g/mol. The van der Waals surface area contributed by atoms with Crippen LogP contribution < -0.4 is 0 Å². The summed E-state index contributed by atoms with van der Waals surface area (Å²) in [7, 11) is -0.502. The van der Waals surface area contributed by atoms with Crippen molar-refractivity contribution in [3.8, 4) is 11.5 Å². The van der Waals surface area contributed by atoms with Gasteiger partial charge in [0.15, 0.2) is 0 Å². The van der Waals surface area contributed by atoms with Gasteiger partial charge in [-0.2, -0.15) is 4.79 Å². The Kier molecular flexibility index (Phi) is 4.95. The fourth-order valence-electron chi connectivity index (χ4n) is 0.665. The lowest BCUT2D eigenvalue weighted by molar-refractivity contribution is -0.138. The minimum atomic E-state index is -1.63. The summed E-state index contributed by atoms with van der Waals surface area (Å²) in [5, 5.41) is 9.43. The number of aliphatic hydroxyl groups excluding tert-OH is 1. The van der Waals surface area contributed by atoms with Crippen molar-refractivity contribution in [2.75, 3.05) is 7.11 Å². The van der Waals surface area contributed by atoms with E-state index in [1.165, 1.54) is 0 Å². The number of rotatable bonds is 2. The lowest BCUT2D eigenvalue weighted by atomic mass is 10.2. The van der Waals surface area contributed by atoms with Crippen LogP contribution in [0.5, 0.6) is 0 Å². The summed E-state index contributed by atoms with van der Waals surface area (Å²) in [4.78, 5) is 13.6. The van der Waals surface area contributed by atoms with Gasteiger partial charge in [-0.3, -0.25) is 0 Å². The summed E-state index contributed by atoms with van der Waals surface area (Å²) in [5.74, 6) is 1.57. The molecule has 1 unspecified atom stereocenters. The Morgan fingerprint density at radius 2 is 2.07 bits per heavy atom. The first-order chi connectivity index (χ1) is 6.81. The van der Waals surface area contributed by atoms with Crippen LogP contribution in [0.15, 0.2) is 0 Å². The summed E-state index contributed by atoms with van der Waals surface area (Å²) >= 11 is 0. The molecule has 0 bridgehead atoms. The molecule has 1 N–H and O–H groups in total. The molecule has 82 valence electrons. The molecule has 5 nitrogen and oxygen atoms in total. The summed E-state index contributed by atoms with van der Waals surface area (Å²) < 4.78 is 4.31. The molecule has 0 aliphatic heterocycles. The second-order valence-corrected chi connectivity index (χ2v) is 8.65. The zero-order chi connectivity index (χ0) is 12.1. The molecule has 0 aliphatic rings. The van der Waals surface area contributed by atoms with Gasteiger partial charge in [0.05, 0.1) is 7.11 Å². The van der Waals surface area contributed by atoms with Crippen LogP contribution in [-0.4, -0.2) is 42.9 Å². The molecule has 0 saturated heterocycles. The van der Waals surface area contributed by atoms with Gasteiger partial charge >= 0.3 is 11.7 Å². The van der Waals surface area contributed by atoms with Gasteiger partial charge in [0.2, 0.25) is 6.10 Å². The molecular formula is C9H14N2O3Si. The Hall–Kier alpha value is -1.41. The SMILES string of the molecule is COC(=O)C(=[N+]=[N-])C(O)C#C[Si](C)(C)C. The van der Waals surface area contributed by atoms with Crippen molar-refractivity contribution in [2.24, 2.45) is 0 Å². The van der Waals surface area contributed by atoms with Crippen molar-refractivity contribution in [3.63, 3.8) is 0 Å². The smallest absolute Gasteiger partial charge is 0.420 e. The molecule has 0 fully saturated rings. The Labute approximate surface area is 89.7 Å². The van der Waals surface area contributed by atoms with E-state index in [1.807, 2.05) is 19.6 Å². The zero-order valence-corrected chi connectivity index (χ0v) is 10.2. The van der Waals surface area contributed by atoms with Crippen molar-refractivity contribution >= 4 is 19.8 Å². The van der Waals surface area contributed by atoms with E-state index in [-0.39, 0.29) is 0 Å². The van der Waals surface area contributed by atoms with Crippen LogP contribution in [0.2, 0.25) is 19.6 Å². The summed E-state index contributed by atoms with van der Waals surface area (Å²) in [6.07, 6.45) is -1.41. The molecule has 0 aromatic rings. The molecule has 0 spiro atoms. The van der Waals surface area contributed by atoms with E-state index in [2.05, 4.69) is 21.0 Å². The number of aliphatic hydroxyl groups is 1. The number of methoxy groups -OCH3 is 1. The molecule has 0 aliphatic carbocycles. The third-order valence-corrected chi connectivity index (χ3v) is 2.24. The molecule has 0 aromatic heterocycles. The molecule has 0 aromatic carbocycles. The minimum Gasteiger partial charge on any atom is -0.460 e. The van der Waals surface area contributed by atoms with Gasteiger partial charge in [-0.1, -0.05) is 25.6 Å². The van der Waals surface area contributed by atoms with E-state index >= 15 is 0 Å². The zero-order valence-electron chi connectivity index (χ0n) is 9.24. The number of carbonyl (C=O) groups excluding carboxylic acids is 1. The van der Waals surface area contributed by atoms with Gasteiger partial charge in [-0.05, 0) is 0 Å². The highest BCUT2D eigenvalue weighted by Crippen LogP contribution is 1.97. The van der Waals surface area contributed by atoms with E-state index < -0.39 is 25.9 Å². The first kappa shape index (κ1) is 13.6. The van der Waals surface area contributed by atoms with Crippen LogP contribution in [-0.2, 0) is 9.53 Å². The van der Waals surface area contributed by atoms with Gasteiger partial charge in [0.25, 0.3) is 0 Å². The molecule has 0 amide bonds. The second kappa shape index (κ2) is 5.46. The summed E-state index contributed by atoms with van der Waals surface area (Å²) in [5.41, 5.74) is 10.9. The molecule has 0 rings (SSSR count). The Bertz CT molecular complexity index is 356. The number of nitrogens with zero attached hydrogens (tertiary/aromatic N) is 2. The van der Waals surface area contributed by atoms with Gasteiger partial charge < -0.3 is 15.4 Å². The van der Waals surface area contributed by atoms with Gasteiger partial charge in [0.1, 0.15) is 8.07 Å². The highest BCUT2D eigenvalue weighted by molar-refractivity contribution is 6.83. The third-order valence-electron chi connectivity index (χ3n) is 1.35. The lowest BCUT2D eigenvalue weighted by Gasteiger charge is -2.04. The lowest BCUT2D eigenvalue weighted by Crippen LogP contribution is -2.30. The van der Waals surface area contributed by atoms with Crippen molar-refractivity contribution in [1.29, 1.82) is 0 Å². The highest BCUT2D eigenvalue weighted by atomic mass is 28.3. The second-order valence-electron chi connectivity index (χ2n) is 3.90. The van der Waals surface area contributed by atoms with Crippen LogP contribution in [0.1, 0.15) is 0 Å². The molecule has 6 heteroatoms. The van der Waals surface area contributed by atoms with E-state index in [1.54, 1.807) is 0 Å². The van der Waals surface area contributed by atoms with Crippen molar-refractivity contribution < 1.29 is 19.4 Å². The monoisotopic (exact) mass is 226 g/mol. The molecule has 1 atom stereocenters. The number of esters is 1. The third kappa shape index (κ3) is 5.13. The normalized spacial score (nSPS) is 11.8. The quantitative estimate of drug-likeness (QED) is 0.181. The van der Waals surface area contributed by atoms with Crippen LogP contribution in [0.3, 0.4) is 0 Å². The molecule has 0 radical (unpaired) electrons. The maximum absolute atomic E-state index is 11.0. The van der Waals surface area contributed by atoms with Crippen LogP contribution in [0.25, 0.3) is 5.53 Å². The predicted molar refractivity (Wildman–Crippen MR) is 57.8 cm³/mol. The molecule has 15 heavy (non-hydrogen) atoms. The Balaban J connectivity index is 4.84. The van der Waals surface area contributed by atoms with E-state index in [0.29, 0.717) is 0 Å². The summed E-state index contributed by atoms with van der Waals surface area (Å²) in [6, 6.07) is 0. The number of carbonyl (C=O) groups is 1. The maximum atomic E-state index is 11.0. The Morgan fingerprint density at radius 3 is 2.40 bits per heavy atom. The number of ether oxygens (including phenoxy) is 1. The number of hydrogen-bond acceptors (Lipinski definition) is 3. The molecule has 0 heterocycles. The van der Waals surface area contributed by atoms with E-state index in [0.717, 1.165) is 7.11 Å². The van der Waals surface area contributed by atoms with E-state index in [4.69, 9.17) is 5.53 Å². The van der Waals surface area contributed by atoms with Gasteiger partial charge in [0, 0.05) is 0 Å². The summed E-state index contributed by atoms with van der Waals surface area (Å²) in [6.45, 7) is 5.96. The average Bonchev–Trinajstić information content (AvgIpc) is 2.14. The van der Waals surface area contributed by atoms with Crippen LogP contribution in [0, 0.1) is 11.5 Å². The van der Waals surface area contributed by atoms with Crippen molar-refractivity contribution in [1.82, 2.24) is 0 Å². The van der Waals surface area contributed by atoms with Crippen molar-refractivity contribution in [2.45, 2.75) is 25.7 Å². The Morgan fingerprint density at radius 1 is 1.53 bits per heavy atom. The largest absolute Gasteiger partial charge is 0.460 e. The molecule has 0 saturated carbocycles. The topological polar surface area (TPSA) is 82.9 Å². The average molecular weight is 226 g/mol.